The van der Waals surface area contributed by atoms with Crippen LogP contribution in [0.2, 0.25) is 0 Å². The summed E-state index contributed by atoms with van der Waals surface area (Å²) in [5.41, 5.74) is 9.66. The van der Waals surface area contributed by atoms with E-state index in [9.17, 15) is 0 Å². The molecule has 1 heterocycles. The van der Waals surface area contributed by atoms with Crippen molar-refractivity contribution < 1.29 is 0 Å². The number of rotatable bonds is 4. The lowest BCUT2D eigenvalue weighted by atomic mass is 9.91. The number of aromatic nitrogens is 2. The zero-order valence-electron chi connectivity index (χ0n) is 12.1. The van der Waals surface area contributed by atoms with Crippen molar-refractivity contribution in [3.8, 4) is 0 Å². The predicted octanol–water partition coefficient (Wildman–Crippen LogP) is 3.61. The van der Waals surface area contributed by atoms with Gasteiger partial charge in [0.05, 0.1) is 6.20 Å². The predicted molar refractivity (Wildman–Crippen MR) is 86.1 cm³/mol. The Kier molecular flexibility index (Phi) is 3.73. The highest BCUT2D eigenvalue weighted by atomic mass is 15.1. The first-order valence-electron chi connectivity index (χ1n) is 7.13. The van der Waals surface area contributed by atoms with Gasteiger partial charge in [-0.25, -0.2) is 4.98 Å². The number of anilines is 1. The quantitative estimate of drug-likeness (QED) is 0.791. The summed E-state index contributed by atoms with van der Waals surface area (Å²) < 4.78 is 2.07. The number of imidazole rings is 1. The van der Waals surface area contributed by atoms with Gasteiger partial charge in [0.2, 0.25) is 0 Å². The molecule has 0 radical (unpaired) electrons. The standard InChI is InChI=1S/C18H19N3/c1-14-12-20-18(19)21(14)13-17(15-8-4-2-5-9-15)16-10-6-3-7-11-16/h2-12,17H,13H2,1H3,(H2,19,20). The lowest BCUT2D eigenvalue weighted by Gasteiger charge is -2.20. The Bertz CT molecular complexity index is 643. The van der Waals surface area contributed by atoms with E-state index in [1.54, 1.807) is 0 Å². The first kappa shape index (κ1) is 13.4. The van der Waals surface area contributed by atoms with Gasteiger partial charge in [-0.2, -0.15) is 0 Å². The van der Waals surface area contributed by atoms with Gasteiger partial charge in [-0.05, 0) is 18.1 Å². The van der Waals surface area contributed by atoms with Gasteiger partial charge in [0, 0.05) is 18.2 Å². The van der Waals surface area contributed by atoms with E-state index in [0.29, 0.717) is 5.95 Å². The molecule has 2 N–H and O–H groups in total. The van der Waals surface area contributed by atoms with Crippen LogP contribution in [0.1, 0.15) is 22.7 Å². The molecule has 0 saturated heterocycles. The Morgan fingerprint density at radius 2 is 1.48 bits per heavy atom. The zero-order valence-corrected chi connectivity index (χ0v) is 12.1. The molecule has 106 valence electrons. The molecule has 2 aromatic carbocycles. The van der Waals surface area contributed by atoms with Crippen LogP contribution < -0.4 is 5.73 Å². The molecule has 0 aliphatic carbocycles. The average molecular weight is 277 g/mol. The molecule has 3 aromatic rings. The van der Waals surface area contributed by atoms with Crippen molar-refractivity contribution in [2.75, 3.05) is 5.73 Å². The number of nitrogen functional groups attached to an aromatic ring is 1. The van der Waals surface area contributed by atoms with E-state index in [-0.39, 0.29) is 5.92 Å². The van der Waals surface area contributed by atoms with Crippen LogP contribution >= 0.6 is 0 Å². The summed E-state index contributed by atoms with van der Waals surface area (Å²) in [6.07, 6.45) is 1.82. The van der Waals surface area contributed by atoms with E-state index < -0.39 is 0 Å². The molecule has 0 aliphatic rings. The Hall–Kier alpha value is -2.55. The third-order valence-corrected chi connectivity index (χ3v) is 3.85. The molecule has 3 rings (SSSR count). The van der Waals surface area contributed by atoms with Gasteiger partial charge in [-0.1, -0.05) is 60.7 Å². The number of nitrogens with two attached hydrogens (primary N) is 1. The Morgan fingerprint density at radius 3 is 1.90 bits per heavy atom. The summed E-state index contributed by atoms with van der Waals surface area (Å²) in [6.45, 7) is 2.84. The molecule has 3 nitrogen and oxygen atoms in total. The van der Waals surface area contributed by atoms with Crippen LogP contribution in [0.4, 0.5) is 5.95 Å². The number of benzene rings is 2. The van der Waals surface area contributed by atoms with Gasteiger partial charge in [-0.3, -0.25) is 0 Å². The highest BCUT2D eigenvalue weighted by molar-refractivity contribution is 5.33. The van der Waals surface area contributed by atoms with Crippen molar-refractivity contribution in [1.29, 1.82) is 0 Å². The van der Waals surface area contributed by atoms with E-state index in [1.807, 2.05) is 25.3 Å². The Labute approximate surface area is 125 Å². The smallest absolute Gasteiger partial charge is 0.200 e. The first-order valence-corrected chi connectivity index (χ1v) is 7.13. The highest BCUT2D eigenvalue weighted by Gasteiger charge is 2.16. The molecular formula is C18H19N3. The largest absolute Gasteiger partial charge is 0.369 e. The normalized spacial score (nSPS) is 11.0. The summed E-state index contributed by atoms with van der Waals surface area (Å²) >= 11 is 0. The topological polar surface area (TPSA) is 43.8 Å². The molecule has 3 heteroatoms. The van der Waals surface area contributed by atoms with E-state index in [0.717, 1.165) is 12.2 Å². The number of aryl methyl sites for hydroxylation is 1. The highest BCUT2D eigenvalue weighted by Crippen LogP contribution is 2.27. The second-order valence-corrected chi connectivity index (χ2v) is 5.24. The number of nitrogens with zero attached hydrogens (tertiary/aromatic N) is 2. The van der Waals surface area contributed by atoms with Gasteiger partial charge >= 0.3 is 0 Å². The monoisotopic (exact) mass is 277 g/mol. The van der Waals surface area contributed by atoms with Crippen LogP contribution in [-0.4, -0.2) is 9.55 Å². The van der Waals surface area contributed by atoms with Crippen molar-refractivity contribution in [3.63, 3.8) is 0 Å². The van der Waals surface area contributed by atoms with Crippen molar-refractivity contribution in [2.45, 2.75) is 19.4 Å². The van der Waals surface area contributed by atoms with Crippen LogP contribution in [0.3, 0.4) is 0 Å². The molecule has 0 bridgehead atoms. The Morgan fingerprint density at radius 1 is 0.952 bits per heavy atom. The number of hydrogen-bond donors (Lipinski definition) is 1. The number of hydrogen-bond acceptors (Lipinski definition) is 2. The summed E-state index contributed by atoms with van der Waals surface area (Å²) in [5, 5.41) is 0. The van der Waals surface area contributed by atoms with E-state index in [2.05, 4.69) is 58.1 Å². The van der Waals surface area contributed by atoms with Crippen molar-refractivity contribution in [2.24, 2.45) is 0 Å². The summed E-state index contributed by atoms with van der Waals surface area (Å²) in [7, 11) is 0. The van der Waals surface area contributed by atoms with Crippen LogP contribution in [0.15, 0.2) is 66.9 Å². The molecule has 0 aliphatic heterocycles. The molecule has 0 atom stereocenters. The molecule has 0 spiro atoms. The van der Waals surface area contributed by atoms with E-state index in [4.69, 9.17) is 5.73 Å². The Balaban J connectivity index is 2.01. The minimum Gasteiger partial charge on any atom is -0.369 e. The van der Waals surface area contributed by atoms with Crippen LogP contribution in [-0.2, 0) is 6.54 Å². The maximum Gasteiger partial charge on any atom is 0.200 e. The molecule has 1 aromatic heterocycles. The van der Waals surface area contributed by atoms with Crippen LogP contribution in [0, 0.1) is 6.92 Å². The van der Waals surface area contributed by atoms with Crippen LogP contribution in [0.5, 0.6) is 0 Å². The second-order valence-electron chi connectivity index (χ2n) is 5.24. The second kappa shape index (κ2) is 5.83. The minimum absolute atomic E-state index is 0.266. The van der Waals surface area contributed by atoms with Gasteiger partial charge < -0.3 is 10.3 Å². The average Bonchev–Trinajstić information content (AvgIpc) is 2.85. The minimum atomic E-state index is 0.266. The lowest BCUT2D eigenvalue weighted by Crippen LogP contribution is -2.14. The maximum atomic E-state index is 6.00. The third kappa shape index (κ3) is 2.82. The van der Waals surface area contributed by atoms with Crippen molar-refractivity contribution in [1.82, 2.24) is 9.55 Å². The van der Waals surface area contributed by atoms with Crippen molar-refractivity contribution in [3.05, 3.63) is 83.7 Å². The lowest BCUT2D eigenvalue weighted by molar-refractivity contribution is 0.619. The van der Waals surface area contributed by atoms with Gasteiger partial charge in [0.25, 0.3) is 0 Å². The van der Waals surface area contributed by atoms with Gasteiger partial charge in [0.1, 0.15) is 0 Å². The van der Waals surface area contributed by atoms with Crippen LogP contribution in [0.25, 0.3) is 0 Å². The molecule has 21 heavy (non-hydrogen) atoms. The fraction of sp³-hybridized carbons (Fsp3) is 0.167. The molecule has 0 unspecified atom stereocenters. The van der Waals surface area contributed by atoms with E-state index in [1.165, 1.54) is 11.1 Å². The third-order valence-electron chi connectivity index (χ3n) is 3.85. The van der Waals surface area contributed by atoms with E-state index >= 15 is 0 Å². The first-order chi connectivity index (χ1) is 10.3. The molecule has 0 amide bonds. The van der Waals surface area contributed by atoms with Crippen molar-refractivity contribution >= 4 is 5.95 Å². The fourth-order valence-electron chi connectivity index (χ4n) is 2.67. The van der Waals surface area contributed by atoms with Gasteiger partial charge in [0.15, 0.2) is 5.95 Å². The molecular weight excluding hydrogens is 258 g/mol. The molecule has 0 saturated carbocycles. The SMILES string of the molecule is Cc1cnc(N)n1CC(c1ccccc1)c1ccccc1. The van der Waals surface area contributed by atoms with Gasteiger partial charge in [-0.15, -0.1) is 0 Å². The maximum absolute atomic E-state index is 6.00. The summed E-state index contributed by atoms with van der Waals surface area (Å²) in [5.74, 6) is 0.840. The zero-order chi connectivity index (χ0) is 14.7. The fourth-order valence-corrected chi connectivity index (χ4v) is 2.67. The molecule has 0 fully saturated rings. The summed E-state index contributed by atoms with van der Waals surface area (Å²) in [6, 6.07) is 21.1. The summed E-state index contributed by atoms with van der Waals surface area (Å²) in [4.78, 5) is 4.20.